The molecule has 5 rings (SSSR count). The molecule has 1 unspecified atom stereocenters. The highest BCUT2D eigenvalue weighted by Crippen LogP contribution is 2.33. The van der Waals surface area contributed by atoms with E-state index in [0.717, 1.165) is 22.8 Å². The summed E-state index contributed by atoms with van der Waals surface area (Å²) in [4.78, 5) is 24.8. The summed E-state index contributed by atoms with van der Waals surface area (Å²) in [6.45, 7) is 2.64. The van der Waals surface area contributed by atoms with Gasteiger partial charge in [0.25, 0.3) is 5.84 Å². The highest BCUT2D eigenvalue weighted by molar-refractivity contribution is 6.06. The van der Waals surface area contributed by atoms with Crippen molar-refractivity contribution in [3.8, 4) is 0 Å². The molecule has 29 heavy (non-hydrogen) atoms. The second-order valence-electron chi connectivity index (χ2n) is 7.04. The maximum absolute atomic E-state index is 14.0. The first-order valence-electron chi connectivity index (χ1n) is 9.25. The summed E-state index contributed by atoms with van der Waals surface area (Å²) in [5.74, 6) is 1.17. The van der Waals surface area contributed by atoms with Crippen molar-refractivity contribution in [1.29, 1.82) is 0 Å². The van der Waals surface area contributed by atoms with E-state index in [2.05, 4.69) is 35.1 Å². The number of aromatic amines is 1. The van der Waals surface area contributed by atoms with Gasteiger partial charge in [-0.3, -0.25) is 0 Å². The molecular formula is C20H19FN8+. The Bertz CT molecular complexity index is 1180. The molecule has 2 aliphatic rings. The van der Waals surface area contributed by atoms with Crippen LogP contribution < -0.4 is 10.2 Å². The number of nitrogens with one attached hydrogen (secondary N) is 2. The molecule has 2 aromatic heterocycles. The predicted molar refractivity (Wildman–Crippen MR) is 109 cm³/mol. The lowest BCUT2D eigenvalue weighted by Crippen LogP contribution is -2.42. The Morgan fingerprint density at radius 1 is 1.28 bits per heavy atom. The first kappa shape index (κ1) is 17.5. The number of H-pyrrole nitrogens is 1. The van der Waals surface area contributed by atoms with Gasteiger partial charge in [-0.1, -0.05) is 11.0 Å². The Kier molecular flexibility index (Phi) is 4.09. The Morgan fingerprint density at radius 2 is 2.17 bits per heavy atom. The number of aromatic nitrogens is 4. The summed E-state index contributed by atoms with van der Waals surface area (Å²) >= 11 is 0. The number of nitrogens with zero attached hydrogens (tertiary/aromatic N) is 6. The first-order chi connectivity index (χ1) is 14.1. The molecule has 145 valence electrons. The van der Waals surface area contributed by atoms with Crippen LogP contribution >= 0.6 is 0 Å². The second kappa shape index (κ2) is 6.78. The Balaban J connectivity index is 1.58. The van der Waals surface area contributed by atoms with Gasteiger partial charge in [0.1, 0.15) is 23.4 Å². The largest absolute Gasteiger partial charge is 0.360 e. The number of rotatable bonds is 4. The number of imidazole rings is 1. The lowest BCUT2D eigenvalue weighted by atomic mass is 10.1. The molecule has 0 spiro atoms. The molecule has 1 aromatic carbocycles. The van der Waals surface area contributed by atoms with Crippen molar-refractivity contribution in [1.82, 2.24) is 29.7 Å². The third-order valence-corrected chi connectivity index (χ3v) is 4.95. The number of aliphatic imine (C=N–C) groups is 1. The highest BCUT2D eigenvalue weighted by atomic mass is 19.1. The molecule has 8 nitrogen and oxygen atoms in total. The van der Waals surface area contributed by atoms with Crippen LogP contribution in [-0.4, -0.2) is 50.4 Å². The Morgan fingerprint density at radius 3 is 3.03 bits per heavy atom. The predicted octanol–water partition coefficient (Wildman–Crippen LogP) is 2.63. The molecule has 2 aliphatic heterocycles. The van der Waals surface area contributed by atoms with Gasteiger partial charge in [0.2, 0.25) is 12.4 Å². The maximum atomic E-state index is 14.0. The Labute approximate surface area is 166 Å². The van der Waals surface area contributed by atoms with Crippen molar-refractivity contribution in [3.05, 3.63) is 66.3 Å². The fourth-order valence-corrected chi connectivity index (χ4v) is 3.61. The van der Waals surface area contributed by atoms with E-state index in [0.29, 0.717) is 23.7 Å². The lowest BCUT2D eigenvalue weighted by molar-refractivity contribution is 0.398. The average Bonchev–Trinajstić information content (AvgIpc) is 3.33. The number of anilines is 1. The van der Waals surface area contributed by atoms with Crippen molar-refractivity contribution in [2.75, 3.05) is 19.0 Å². The smallest absolute Gasteiger partial charge is 0.285 e. The van der Waals surface area contributed by atoms with Crippen LogP contribution in [0.2, 0.25) is 0 Å². The van der Waals surface area contributed by atoms with Gasteiger partial charge in [0.05, 0.1) is 12.4 Å². The van der Waals surface area contributed by atoms with Crippen LogP contribution in [0.4, 0.5) is 10.2 Å². The molecule has 1 radical (unpaired) electrons. The fourth-order valence-electron chi connectivity index (χ4n) is 3.61. The van der Waals surface area contributed by atoms with Gasteiger partial charge in [-0.05, 0) is 25.1 Å². The zero-order valence-corrected chi connectivity index (χ0v) is 16.0. The van der Waals surface area contributed by atoms with E-state index < -0.39 is 0 Å². The number of hydrogen-bond donors (Lipinski definition) is 2. The molecular weight excluding hydrogens is 371 g/mol. The summed E-state index contributed by atoms with van der Waals surface area (Å²) in [6.07, 6.45) is 7.01. The van der Waals surface area contributed by atoms with E-state index >= 15 is 0 Å². The van der Waals surface area contributed by atoms with Gasteiger partial charge in [-0.15, -0.1) is 0 Å². The maximum Gasteiger partial charge on any atom is 0.285 e. The van der Waals surface area contributed by atoms with E-state index in [1.165, 1.54) is 18.5 Å². The molecule has 0 amide bonds. The number of hydrogen-bond acceptors (Lipinski definition) is 7. The zero-order chi connectivity index (χ0) is 20.0. The van der Waals surface area contributed by atoms with E-state index in [-0.39, 0.29) is 11.9 Å². The quantitative estimate of drug-likeness (QED) is 0.669. The van der Waals surface area contributed by atoms with Gasteiger partial charge >= 0.3 is 0 Å². The minimum Gasteiger partial charge on any atom is -0.360 e. The normalized spacial score (nSPS) is 17.6. The second-order valence-corrected chi connectivity index (χ2v) is 7.04. The van der Waals surface area contributed by atoms with E-state index in [4.69, 9.17) is 4.99 Å². The molecule has 2 N–H and O–H groups in total. The molecule has 0 aliphatic carbocycles. The van der Waals surface area contributed by atoms with Crippen LogP contribution in [0.5, 0.6) is 0 Å². The minimum absolute atomic E-state index is 0.195. The van der Waals surface area contributed by atoms with E-state index in [1.807, 2.05) is 32.3 Å². The minimum atomic E-state index is -0.279. The first-order valence-corrected chi connectivity index (χ1v) is 9.25. The van der Waals surface area contributed by atoms with Crippen molar-refractivity contribution in [3.63, 3.8) is 0 Å². The molecule has 4 heterocycles. The van der Waals surface area contributed by atoms with E-state index in [9.17, 15) is 4.39 Å². The van der Waals surface area contributed by atoms with Gasteiger partial charge < -0.3 is 15.2 Å². The summed E-state index contributed by atoms with van der Waals surface area (Å²) in [7, 11) is 1.99. The fraction of sp³-hybridized carbons (Fsp3) is 0.200. The molecule has 3 aromatic rings. The third kappa shape index (κ3) is 3.05. The number of benzene rings is 1. The van der Waals surface area contributed by atoms with E-state index in [1.54, 1.807) is 12.4 Å². The van der Waals surface area contributed by atoms with Crippen molar-refractivity contribution >= 4 is 28.5 Å². The molecule has 0 saturated carbocycles. The topological polar surface area (TPSA) is 88.0 Å². The number of amidine groups is 1. The Hall–Kier alpha value is -3.59. The average molecular weight is 390 g/mol. The van der Waals surface area contributed by atoms with Crippen molar-refractivity contribution in [2.45, 2.75) is 13.0 Å². The van der Waals surface area contributed by atoms with Crippen LogP contribution in [0.3, 0.4) is 0 Å². The summed E-state index contributed by atoms with van der Waals surface area (Å²) in [5, 5.41) is 3.39. The SMILES string of the molecule is CC(Nc1ncnc2[nH]cnc12)C1=C(c2cccc(F)c2)[N+]2CN(C)C=CC2=N1. The molecule has 0 fully saturated rings. The summed E-state index contributed by atoms with van der Waals surface area (Å²) < 4.78 is 14.0. The molecule has 1 atom stereocenters. The van der Waals surface area contributed by atoms with Gasteiger partial charge in [-0.25, -0.2) is 19.3 Å². The zero-order valence-electron chi connectivity index (χ0n) is 16.0. The molecule has 0 bridgehead atoms. The van der Waals surface area contributed by atoms with Gasteiger partial charge in [0.15, 0.2) is 11.5 Å². The summed E-state index contributed by atoms with van der Waals surface area (Å²) in [6, 6.07) is 6.40. The van der Waals surface area contributed by atoms with Crippen LogP contribution in [0, 0.1) is 5.82 Å². The summed E-state index contributed by atoms with van der Waals surface area (Å²) in [5.41, 5.74) is 3.79. The molecule has 9 heteroatoms. The standard InChI is InChI=1S/C20H19FN8/c1-12(26-20-17-19(23-9-22-17)24-10-25-20)16-18(13-4-3-5-14(21)8-13)29-11-28(2)7-6-15(29)27-16/h3-10,12H,11H2,1-2H3,(H2,22,23,24,25,26)/q+1. The van der Waals surface area contributed by atoms with Crippen LogP contribution in [0.15, 0.2) is 59.9 Å². The molecule has 0 saturated heterocycles. The van der Waals surface area contributed by atoms with Gasteiger partial charge in [-0.2, -0.15) is 4.99 Å². The lowest BCUT2D eigenvalue weighted by Gasteiger charge is -2.20. The van der Waals surface area contributed by atoms with Crippen LogP contribution in [-0.2, 0) is 0 Å². The van der Waals surface area contributed by atoms with Crippen LogP contribution in [0.25, 0.3) is 16.9 Å². The van der Waals surface area contributed by atoms with Crippen molar-refractivity contribution in [2.24, 2.45) is 4.99 Å². The third-order valence-electron chi connectivity index (χ3n) is 4.95. The highest BCUT2D eigenvalue weighted by Gasteiger charge is 2.42. The van der Waals surface area contributed by atoms with Gasteiger partial charge in [0, 0.05) is 24.9 Å². The van der Waals surface area contributed by atoms with Crippen LogP contribution in [0.1, 0.15) is 12.5 Å². The monoisotopic (exact) mass is 390 g/mol. The number of halogens is 1. The number of fused-ring (bicyclic) bond motifs is 2. The van der Waals surface area contributed by atoms with Crippen molar-refractivity contribution < 1.29 is 4.39 Å².